The van der Waals surface area contributed by atoms with E-state index in [0.717, 1.165) is 42.6 Å². The second-order valence-corrected chi connectivity index (χ2v) is 6.87. The van der Waals surface area contributed by atoms with E-state index >= 15 is 0 Å². The van der Waals surface area contributed by atoms with Gasteiger partial charge in [0.15, 0.2) is 0 Å². The first kappa shape index (κ1) is 17.5. The number of hydrogen-bond acceptors (Lipinski definition) is 4. The highest BCUT2D eigenvalue weighted by Gasteiger charge is 2.19. The highest BCUT2D eigenvalue weighted by molar-refractivity contribution is 6.05. The Morgan fingerprint density at radius 2 is 1.85 bits per heavy atom. The van der Waals surface area contributed by atoms with E-state index in [9.17, 15) is 4.79 Å². The van der Waals surface area contributed by atoms with E-state index in [0.29, 0.717) is 17.3 Å². The molecule has 0 unspecified atom stereocenters. The van der Waals surface area contributed by atoms with E-state index in [-0.39, 0.29) is 5.91 Å². The third kappa shape index (κ3) is 3.93. The van der Waals surface area contributed by atoms with Crippen LogP contribution in [-0.4, -0.2) is 37.2 Å². The van der Waals surface area contributed by atoms with Crippen LogP contribution in [0.15, 0.2) is 60.8 Å². The number of pyridine rings is 1. The minimum atomic E-state index is -0.132. The van der Waals surface area contributed by atoms with Crippen molar-refractivity contribution in [2.45, 2.75) is 18.9 Å². The number of rotatable bonds is 4. The van der Waals surface area contributed by atoms with Gasteiger partial charge in [-0.25, -0.2) is 0 Å². The Kier molecular flexibility index (Phi) is 5.03. The Bertz CT molecular complexity index is 934. The van der Waals surface area contributed by atoms with E-state index < -0.39 is 0 Å². The van der Waals surface area contributed by atoms with Gasteiger partial charge in [0.1, 0.15) is 0 Å². The molecule has 1 aliphatic heterocycles. The molecule has 138 valence electrons. The first-order valence-electron chi connectivity index (χ1n) is 9.27. The molecule has 0 atom stereocenters. The number of nitrogens with one attached hydrogen (secondary N) is 1. The molecule has 1 fully saturated rings. The summed E-state index contributed by atoms with van der Waals surface area (Å²) in [6.07, 6.45) is 3.76. The molecule has 1 amide bonds. The molecule has 2 heterocycles. The standard InChI is InChI=1S/C22H23N3O2/c1-25(20-10-12-27-13-11-20)19-8-6-16(7-9-19)22(26)24-18-14-17-4-2-3-5-21(17)23-15-18/h2-9,14-15,20H,10-13H2,1H3,(H,24,26). The number of amides is 1. The van der Waals surface area contributed by atoms with Crippen molar-refractivity contribution in [1.82, 2.24) is 4.98 Å². The fourth-order valence-electron chi connectivity index (χ4n) is 3.47. The molecule has 3 aromatic rings. The number of benzene rings is 2. The molecule has 1 saturated heterocycles. The summed E-state index contributed by atoms with van der Waals surface area (Å²) in [4.78, 5) is 19.2. The highest BCUT2D eigenvalue weighted by Crippen LogP contribution is 2.22. The van der Waals surface area contributed by atoms with Crippen molar-refractivity contribution in [3.8, 4) is 0 Å². The number of carbonyl (C=O) groups is 1. The Balaban J connectivity index is 1.45. The molecule has 2 aromatic carbocycles. The lowest BCUT2D eigenvalue weighted by Gasteiger charge is -2.33. The highest BCUT2D eigenvalue weighted by atomic mass is 16.5. The number of fused-ring (bicyclic) bond motifs is 1. The molecule has 0 saturated carbocycles. The summed E-state index contributed by atoms with van der Waals surface area (Å²) in [7, 11) is 2.10. The van der Waals surface area contributed by atoms with Crippen LogP contribution in [0, 0.1) is 0 Å². The molecule has 5 nitrogen and oxygen atoms in total. The molecule has 0 aliphatic carbocycles. The lowest BCUT2D eigenvalue weighted by Crippen LogP contribution is -2.36. The van der Waals surface area contributed by atoms with E-state index in [1.807, 2.05) is 54.6 Å². The fraction of sp³-hybridized carbons (Fsp3) is 0.273. The van der Waals surface area contributed by atoms with Gasteiger partial charge in [-0.15, -0.1) is 0 Å². The third-order valence-corrected chi connectivity index (χ3v) is 5.12. The SMILES string of the molecule is CN(c1ccc(C(=O)Nc2cnc3ccccc3c2)cc1)C1CCOCC1. The zero-order valence-corrected chi connectivity index (χ0v) is 15.4. The Hall–Kier alpha value is -2.92. The molecule has 27 heavy (non-hydrogen) atoms. The maximum Gasteiger partial charge on any atom is 0.255 e. The molecule has 5 heteroatoms. The van der Waals surface area contributed by atoms with E-state index in [1.54, 1.807) is 6.20 Å². The van der Waals surface area contributed by atoms with E-state index in [2.05, 4.69) is 22.2 Å². The third-order valence-electron chi connectivity index (χ3n) is 5.12. The molecule has 4 rings (SSSR count). The zero-order chi connectivity index (χ0) is 18.6. The Morgan fingerprint density at radius 1 is 1.11 bits per heavy atom. The maximum absolute atomic E-state index is 12.6. The number of carbonyl (C=O) groups excluding carboxylic acids is 1. The first-order valence-corrected chi connectivity index (χ1v) is 9.27. The van der Waals surface area contributed by atoms with Crippen molar-refractivity contribution in [1.29, 1.82) is 0 Å². The monoisotopic (exact) mass is 361 g/mol. The van der Waals surface area contributed by atoms with Crippen LogP contribution in [0.25, 0.3) is 10.9 Å². The quantitative estimate of drug-likeness (QED) is 0.760. The van der Waals surface area contributed by atoms with Gasteiger partial charge in [0, 0.05) is 42.9 Å². The average Bonchev–Trinajstić information content (AvgIpc) is 2.74. The normalized spacial score (nSPS) is 14.9. The summed E-state index contributed by atoms with van der Waals surface area (Å²) in [6, 6.07) is 18.0. The molecule has 1 aromatic heterocycles. The van der Waals surface area contributed by atoms with Crippen LogP contribution in [0.1, 0.15) is 23.2 Å². The number of ether oxygens (including phenoxy) is 1. The smallest absolute Gasteiger partial charge is 0.255 e. The minimum absolute atomic E-state index is 0.132. The van der Waals surface area contributed by atoms with E-state index in [1.165, 1.54) is 0 Å². The summed E-state index contributed by atoms with van der Waals surface area (Å²) in [6.45, 7) is 1.63. The van der Waals surface area contributed by atoms with Crippen molar-refractivity contribution in [3.05, 3.63) is 66.4 Å². The largest absolute Gasteiger partial charge is 0.381 e. The topological polar surface area (TPSA) is 54.5 Å². The lowest BCUT2D eigenvalue weighted by molar-refractivity contribution is 0.0855. The van der Waals surface area contributed by atoms with Gasteiger partial charge in [-0.3, -0.25) is 9.78 Å². The van der Waals surface area contributed by atoms with Gasteiger partial charge in [-0.1, -0.05) is 18.2 Å². The molecular formula is C22H23N3O2. The van der Waals surface area contributed by atoms with Crippen molar-refractivity contribution in [2.75, 3.05) is 30.5 Å². The van der Waals surface area contributed by atoms with Crippen LogP contribution in [0.5, 0.6) is 0 Å². The number of anilines is 2. The lowest BCUT2D eigenvalue weighted by atomic mass is 10.1. The van der Waals surface area contributed by atoms with Crippen LogP contribution in [0.4, 0.5) is 11.4 Å². The van der Waals surface area contributed by atoms with Gasteiger partial charge >= 0.3 is 0 Å². The summed E-state index contributed by atoms with van der Waals surface area (Å²) in [5.41, 5.74) is 3.36. The van der Waals surface area contributed by atoms with Gasteiger partial charge in [-0.05, 0) is 49.2 Å². The van der Waals surface area contributed by atoms with Crippen LogP contribution >= 0.6 is 0 Å². The zero-order valence-electron chi connectivity index (χ0n) is 15.4. The Morgan fingerprint density at radius 3 is 2.63 bits per heavy atom. The van der Waals surface area contributed by atoms with Gasteiger partial charge in [-0.2, -0.15) is 0 Å². The first-order chi connectivity index (χ1) is 13.2. The number of para-hydroxylation sites is 1. The molecule has 1 N–H and O–H groups in total. The summed E-state index contributed by atoms with van der Waals surface area (Å²) < 4.78 is 5.43. The fourth-order valence-corrected chi connectivity index (χ4v) is 3.47. The number of aromatic nitrogens is 1. The maximum atomic E-state index is 12.6. The van der Waals surface area contributed by atoms with Crippen molar-refractivity contribution >= 4 is 28.2 Å². The van der Waals surface area contributed by atoms with E-state index in [4.69, 9.17) is 4.74 Å². The van der Waals surface area contributed by atoms with Crippen LogP contribution < -0.4 is 10.2 Å². The second kappa shape index (κ2) is 7.76. The van der Waals surface area contributed by atoms with Crippen LogP contribution in [-0.2, 0) is 4.74 Å². The van der Waals surface area contributed by atoms with Crippen molar-refractivity contribution < 1.29 is 9.53 Å². The molecule has 0 bridgehead atoms. The summed E-state index contributed by atoms with van der Waals surface area (Å²) >= 11 is 0. The average molecular weight is 361 g/mol. The molecule has 1 aliphatic rings. The van der Waals surface area contributed by atoms with Crippen molar-refractivity contribution in [3.63, 3.8) is 0 Å². The van der Waals surface area contributed by atoms with Gasteiger partial charge in [0.25, 0.3) is 5.91 Å². The van der Waals surface area contributed by atoms with Gasteiger partial charge in [0.05, 0.1) is 17.4 Å². The molecular weight excluding hydrogens is 338 g/mol. The molecule has 0 radical (unpaired) electrons. The predicted molar refractivity (Wildman–Crippen MR) is 108 cm³/mol. The van der Waals surface area contributed by atoms with Crippen LogP contribution in [0.2, 0.25) is 0 Å². The van der Waals surface area contributed by atoms with Gasteiger partial charge in [0.2, 0.25) is 0 Å². The molecule has 0 spiro atoms. The number of nitrogens with zero attached hydrogens (tertiary/aromatic N) is 2. The summed E-state index contributed by atoms with van der Waals surface area (Å²) in [5, 5.41) is 3.93. The second-order valence-electron chi connectivity index (χ2n) is 6.87. The minimum Gasteiger partial charge on any atom is -0.381 e. The summed E-state index contributed by atoms with van der Waals surface area (Å²) in [5.74, 6) is -0.132. The predicted octanol–water partition coefficient (Wildman–Crippen LogP) is 4.10. The number of hydrogen-bond donors (Lipinski definition) is 1. The Labute approximate surface area is 159 Å². The van der Waals surface area contributed by atoms with Crippen molar-refractivity contribution in [2.24, 2.45) is 0 Å². The van der Waals surface area contributed by atoms with Gasteiger partial charge < -0.3 is 15.0 Å². The van der Waals surface area contributed by atoms with Crippen LogP contribution in [0.3, 0.4) is 0 Å².